The minimum Gasteiger partial charge on any atom is -0.340 e. The molecule has 3 aromatic rings. The fourth-order valence-corrected chi connectivity index (χ4v) is 10.1. The van der Waals surface area contributed by atoms with Crippen LogP contribution in [-0.4, -0.2) is 97.3 Å². The van der Waals surface area contributed by atoms with Crippen LogP contribution >= 0.6 is 0 Å². The van der Waals surface area contributed by atoms with Gasteiger partial charge in [-0.2, -0.15) is 0 Å². The number of nitrogens with one attached hydrogen (secondary N) is 1. The first-order chi connectivity index (χ1) is 24.5. The van der Waals surface area contributed by atoms with E-state index in [1.54, 1.807) is 4.90 Å². The Balaban J connectivity index is 1.15. The predicted octanol–water partition coefficient (Wildman–Crippen LogP) is 4.88. The molecule has 13 heteroatoms. The van der Waals surface area contributed by atoms with Crippen LogP contribution in [0.1, 0.15) is 81.9 Å². The Morgan fingerprint density at radius 3 is 1.92 bits per heavy atom. The molecule has 4 atom stereocenters. The first kappa shape index (κ1) is 37.7. The van der Waals surface area contributed by atoms with E-state index >= 15 is 0 Å². The molecule has 0 radical (unpaired) electrons. The van der Waals surface area contributed by atoms with E-state index in [1.807, 2.05) is 69.0 Å². The number of nitrogens with zero attached hydrogens (tertiary/aromatic N) is 4. The Kier molecular flexibility index (Phi) is 10.7. The highest BCUT2D eigenvalue weighted by molar-refractivity contribution is 7.90. The molecule has 4 heterocycles. The summed E-state index contributed by atoms with van der Waals surface area (Å²) in [6.07, 6.45) is 6.22. The standard InChI is InChI=1S/C39H49N5O6S2/c1-24(2)29(22-51(5,47)48)38(45)43-17-7-9-35(43)34-21-28-19-26(13-15-31(28)40-34)11-12-27-14-16-32-33(20-27)42-37(41-32)36-10-8-18-44(36)39(46)30(25(3)4)23-52(6,49)50/h13-16,19-20,24-25,29-30,35-36H,7-10,17-18,21-23H2,1-6H3,(H,41,42)/t29-,30-,35-,36-/m0/s1. The van der Waals surface area contributed by atoms with Crippen LogP contribution in [0.4, 0.5) is 5.69 Å². The summed E-state index contributed by atoms with van der Waals surface area (Å²) in [6.45, 7) is 8.75. The molecule has 2 saturated heterocycles. The number of imidazole rings is 1. The SMILES string of the molecule is CC(C)[C@H](CS(C)(=O)=O)C(=O)N1CCC[C@H]1C1=Nc2ccc(C#Cc3ccc4nc([C@@H]5CCCN5C(=O)[C@@H](CS(C)(=O)=O)C(C)C)[nH]c4c3)cc2C1. The largest absolute Gasteiger partial charge is 0.340 e. The van der Waals surface area contributed by atoms with Gasteiger partial charge in [-0.1, -0.05) is 39.5 Å². The monoisotopic (exact) mass is 747 g/mol. The summed E-state index contributed by atoms with van der Waals surface area (Å²) in [5, 5.41) is 0. The molecule has 3 aliphatic rings. The van der Waals surface area contributed by atoms with Crippen molar-refractivity contribution in [3.05, 3.63) is 58.9 Å². The van der Waals surface area contributed by atoms with Crippen molar-refractivity contribution in [1.29, 1.82) is 0 Å². The molecule has 0 bridgehead atoms. The third kappa shape index (κ3) is 8.44. The van der Waals surface area contributed by atoms with Crippen molar-refractivity contribution in [2.45, 2.75) is 71.9 Å². The second-order valence-electron chi connectivity index (χ2n) is 15.5. The third-order valence-corrected chi connectivity index (χ3v) is 12.5. The van der Waals surface area contributed by atoms with Gasteiger partial charge in [-0.25, -0.2) is 21.8 Å². The highest BCUT2D eigenvalue weighted by Crippen LogP contribution is 2.35. The summed E-state index contributed by atoms with van der Waals surface area (Å²) < 4.78 is 48.4. The van der Waals surface area contributed by atoms with Gasteiger partial charge in [0.1, 0.15) is 25.5 Å². The van der Waals surface area contributed by atoms with Gasteiger partial charge < -0.3 is 14.8 Å². The number of aliphatic imine (C=N–C) groups is 1. The van der Waals surface area contributed by atoms with Gasteiger partial charge in [0, 0.05) is 48.9 Å². The fraction of sp³-hybridized carbons (Fsp3) is 0.538. The van der Waals surface area contributed by atoms with Gasteiger partial charge in [-0.05, 0) is 79.5 Å². The fourth-order valence-electron chi connectivity index (χ4n) is 7.77. The quantitative estimate of drug-likeness (QED) is 0.291. The van der Waals surface area contributed by atoms with E-state index < -0.39 is 31.5 Å². The number of carbonyl (C=O) groups excluding carboxylic acids is 2. The Morgan fingerprint density at radius 2 is 1.35 bits per heavy atom. The predicted molar refractivity (Wildman–Crippen MR) is 204 cm³/mol. The van der Waals surface area contributed by atoms with Gasteiger partial charge in [0.2, 0.25) is 11.8 Å². The van der Waals surface area contributed by atoms with Crippen LogP contribution in [0.5, 0.6) is 0 Å². The van der Waals surface area contributed by atoms with E-state index in [0.29, 0.717) is 25.3 Å². The number of hydrogen-bond acceptors (Lipinski definition) is 8. The van der Waals surface area contributed by atoms with Crippen molar-refractivity contribution < 1.29 is 26.4 Å². The van der Waals surface area contributed by atoms with Crippen LogP contribution in [-0.2, 0) is 35.7 Å². The average Bonchev–Trinajstić information content (AvgIpc) is 3.88. The number of H-pyrrole nitrogens is 1. The minimum atomic E-state index is -3.32. The van der Waals surface area contributed by atoms with Crippen molar-refractivity contribution in [1.82, 2.24) is 19.8 Å². The molecule has 1 N–H and O–H groups in total. The van der Waals surface area contributed by atoms with Crippen LogP contribution in [0.2, 0.25) is 0 Å². The zero-order valence-corrected chi connectivity index (χ0v) is 32.5. The van der Waals surface area contributed by atoms with Crippen molar-refractivity contribution in [3.63, 3.8) is 0 Å². The zero-order valence-electron chi connectivity index (χ0n) is 30.8. The van der Waals surface area contributed by atoms with Gasteiger partial charge >= 0.3 is 0 Å². The van der Waals surface area contributed by atoms with Gasteiger partial charge in [0.05, 0.1) is 52.1 Å². The van der Waals surface area contributed by atoms with Crippen molar-refractivity contribution in [2.24, 2.45) is 28.7 Å². The van der Waals surface area contributed by atoms with E-state index in [1.165, 1.54) is 12.5 Å². The van der Waals surface area contributed by atoms with E-state index in [4.69, 9.17) is 9.98 Å². The molecule has 2 fully saturated rings. The van der Waals surface area contributed by atoms with Gasteiger partial charge in [0.15, 0.2) is 0 Å². The maximum absolute atomic E-state index is 13.6. The molecular weight excluding hydrogens is 699 g/mol. The Morgan fingerprint density at radius 1 is 0.808 bits per heavy atom. The zero-order chi connectivity index (χ0) is 37.5. The lowest BCUT2D eigenvalue weighted by atomic mass is 9.95. The van der Waals surface area contributed by atoms with Crippen LogP contribution in [0.25, 0.3) is 11.0 Å². The number of hydrogen-bond donors (Lipinski definition) is 1. The maximum atomic E-state index is 13.6. The maximum Gasteiger partial charge on any atom is 0.227 e. The molecule has 3 aliphatic heterocycles. The molecule has 0 unspecified atom stereocenters. The van der Waals surface area contributed by atoms with Crippen molar-refractivity contribution in [3.8, 4) is 11.8 Å². The van der Waals surface area contributed by atoms with Crippen LogP contribution in [0, 0.1) is 35.5 Å². The normalized spacial score (nSPS) is 20.3. The topological polar surface area (TPSA) is 150 Å². The second kappa shape index (κ2) is 14.8. The molecule has 0 spiro atoms. The average molecular weight is 748 g/mol. The third-order valence-electron chi connectivity index (χ3n) is 10.5. The highest BCUT2D eigenvalue weighted by atomic mass is 32.2. The van der Waals surface area contributed by atoms with Gasteiger partial charge in [0.25, 0.3) is 0 Å². The second-order valence-corrected chi connectivity index (χ2v) is 19.9. The van der Waals surface area contributed by atoms with Crippen molar-refractivity contribution >= 4 is 53.9 Å². The molecule has 0 saturated carbocycles. The number of aromatic amines is 1. The number of amides is 2. The summed E-state index contributed by atoms with van der Waals surface area (Å²) in [5.74, 6) is 5.32. The Bertz CT molecular complexity index is 2200. The highest BCUT2D eigenvalue weighted by Gasteiger charge is 2.40. The smallest absolute Gasteiger partial charge is 0.227 e. The lowest BCUT2D eigenvalue weighted by molar-refractivity contribution is -0.137. The number of carbonyl (C=O) groups is 2. The lowest BCUT2D eigenvalue weighted by Gasteiger charge is -2.30. The van der Waals surface area contributed by atoms with E-state index in [2.05, 4.69) is 16.8 Å². The van der Waals surface area contributed by atoms with Crippen LogP contribution < -0.4 is 0 Å². The number of rotatable bonds is 10. The van der Waals surface area contributed by atoms with E-state index in [-0.39, 0.29) is 47.2 Å². The molecule has 11 nitrogen and oxygen atoms in total. The Hall–Kier alpha value is -4.02. The van der Waals surface area contributed by atoms with Gasteiger partial charge in [-0.3, -0.25) is 14.6 Å². The van der Waals surface area contributed by atoms with Crippen LogP contribution in [0.15, 0.2) is 41.4 Å². The van der Waals surface area contributed by atoms with E-state index in [9.17, 15) is 26.4 Å². The summed E-state index contributed by atoms with van der Waals surface area (Å²) in [7, 11) is -6.62. The molecule has 1 aromatic heterocycles. The lowest BCUT2D eigenvalue weighted by Crippen LogP contribution is -2.46. The number of sulfone groups is 2. The molecule has 0 aliphatic carbocycles. The summed E-state index contributed by atoms with van der Waals surface area (Å²) in [4.78, 5) is 44.0. The molecule has 278 valence electrons. The first-order valence-electron chi connectivity index (χ1n) is 18.2. The van der Waals surface area contributed by atoms with Crippen molar-refractivity contribution in [2.75, 3.05) is 37.1 Å². The first-order valence-corrected chi connectivity index (χ1v) is 22.3. The molecular formula is C39H49N5O6S2. The summed E-state index contributed by atoms with van der Waals surface area (Å²) in [5.41, 5.74) is 6.11. The number of fused-ring (bicyclic) bond motifs is 2. The molecule has 6 rings (SSSR count). The molecule has 2 amide bonds. The van der Waals surface area contributed by atoms with Crippen LogP contribution in [0.3, 0.4) is 0 Å². The Labute approximate surface area is 307 Å². The number of aromatic nitrogens is 2. The minimum absolute atomic E-state index is 0.0883. The molecule has 52 heavy (non-hydrogen) atoms. The van der Waals surface area contributed by atoms with Gasteiger partial charge in [-0.15, -0.1) is 0 Å². The number of likely N-dealkylation sites (tertiary alicyclic amines) is 2. The summed E-state index contributed by atoms with van der Waals surface area (Å²) >= 11 is 0. The van der Waals surface area contributed by atoms with E-state index in [0.717, 1.165) is 64.8 Å². The summed E-state index contributed by atoms with van der Waals surface area (Å²) in [6, 6.07) is 11.4. The molecule has 2 aromatic carbocycles. The number of benzene rings is 2.